The molecule has 0 aliphatic carbocycles. The number of rotatable bonds is 7. The van der Waals surface area contributed by atoms with Crippen LogP contribution in [0.1, 0.15) is 20.3 Å². The highest BCUT2D eigenvalue weighted by Gasteiger charge is 2.13. The van der Waals surface area contributed by atoms with Gasteiger partial charge in [0.15, 0.2) is 0 Å². The first-order chi connectivity index (χ1) is 9.08. The van der Waals surface area contributed by atoms with Crippen molar-refractivity contribution in [1.82, 2.24) is 14.9 Å². The summed E-state index contributed by atoms with van der Waals surface area (Å²) in [7, 11) is 3.51. The van der Waals surface area contributed by atoms with E-state index < -0.39 is 0 Å². The molecule has 19 heavy (non-hydrogen) atoms. The van der Waals surface area contributed by atoms with E-state index >= 15 is 0 Å². The van der Waals surface area contributed by atoms with Gasteiger partial charge in [-0.15, -0.1) is 0 Å². The van der Waals surface area contributed by atoms with Crippen LogP contribution in [0.5, 0.6) is 0 Å². The van der Waals surface area contributed by atoms with Crippen molar-refractivity contribution >= 4 is 17.5 Å². The first-order valence-corrected chi connectivity index (χ1v) is 6.59. The van der Waals surface area contributed by atoms with Crippen LogP contribution < -0.4 is 10.2 Å². The number of carbonyl (C=O) groups is 1. The number of anilines is 2. The molecule has 1 aromatic rings. The van der Waals surface area contributed by atoms with Gasteiger partial charge >= 0.3 is 0 Å². The second-order valence-corrected chi connectivity index (χ2v) is 4.49. The van der Waals surface area contributed by atoms with Crippen LogP contribution in [0.4, 0.5) is 11.6 Å². The highest BCUT2D eigenvalue weighted by atomic mass is 16.2. The zero-order valence-corrected chi connectivity index (χ0v) is 12.2. The van der Waals surface area contributed by atoms with Gasteiger partial charge in [-0.25, -0.2) is 9.97 Å². The molecule has 0 radical (unpaired) electrons. The fourth-order valence-electron chi connectivity index (χ4n) is 1.53. The summed E-state index contributed by atoms with van der Waals surface area (Å²) >= 11 is 0. The summed E-state index contributed by atoms with van der Waals surface area (Å²) in [6.45, 7) is 6.03. The number of hydrogen-bond donors (Lipinski definition) is 1. The molecule has 0 aliphatic heterocycles. The van der Waals surface area contributed by atoms with Crippen LogP contribution in [0.25, 0.3) is 0 Å². The van der Waals surface area contributed by atoms with Crippen molar-refractivity contribution in [1.29, 1.82) is 0 Å². The lowest BCUT2D eigenvalue weighted by atomic mass is 10.4. The van der Waals surface area contributed by atoms with Gasteiger partial charge in [0.1, 0.15) is 18.0 Å². The zero-order valence-electron chi connectivity index (χ0n) is 12.2. The Labute approximate surface area is 114 Å². The molecule has 0 aliphatic rings. The molecule has 0 unspecified atom stereocenters. The second kappa shape index (κ2) is 7.56. The van der Waals surface area contributed by atoms with Crippen LogP contribution in [0.15, 0.2) is 12.4 Å². The summed E-state index contributed by atoms with van der Waals surface area (Å²) < 4.78 is 0. The third-order valence-corrected chi connectivity index (χ3v) is 2.74. The molecule has 1 aromatic heterocycles. The van der Waals surface area contributed by atoms with E-state index in [0.717, 1.165) is 31.1 Å². The first kappa shape index (κ1) is 15.2. The van der Waals surface area contributed by atoms with Gasteiger partial charge in [0.2, 0.25) is 5.91 Å². The summed E-state index contributed by atoms with van der Waals surface area (Å²) in [4.78, 5) is 23.7. The Kier molecular flexibility index (Phi) is 6.05. The monoisotopic (exact) mass is 265 g/mol. The Balaban J connectivity index is 2.77. The molecule has 6 nitrogen and oxygen atoms in total. The maximum Gasteiger partial charge on any atom is 0.241 e. The number of nitrogens with zero attached hydrogens (tertiary/aromatic N) is 4. The molecule has 0 spiro atoms. The van der Waals surface area contributed by atoms with E-state index in [9.17, 15) is 4.79 Å². The van der Waals surface area contributed by atoms with E-state index in [1.165, 1.54) is 6.33 Å². The molecule has 0 aromatic carbocycles. The van der Waals surface area contributed by atoms with Crippen molar-refractivity contribution < 1.29 is 4.79 Å². The summed E-state index contributed by atoms with van der Waals surface area (Å²) in [6.07, 6.45) is 2.56. The quantitative estimate of drug-likeness (QED) is 0.803. The minimum Gasteiger partial charge on any atom is -0.370 e. The SMILES string of the molecule is CCCNc1cc(N(CC)CC(=O)N(C)C)ncn1. The fourth-order valence-corrected chi connectivity index (χ4v) is 1.53. The van der Waals surface area contributed by atoms with Crippen molar-refractivity contribution in [2.24, 2.45) is 0 Å². The van der Waals surface area contributed by atoms with Gasteiger partial charge in [0, 0.05) is 33.3 Å². The van der Waals surface area contributed by atoms with E-state index in [1.54, 1.807) is 19.0 Å². The molecular weight excluding hydrogens is 242 g/mol. The van der Waals surface area contributed by atoms with Gasteiger partial charge in [-0.05, 0) is 13.3 Å². The lowest BCUT2D eigenvalue weighted by molar-refractivity contribution is -0.127. The van der Waals surface area contributed by atoms with Crippen molar-refractivity contribution in [3.8, 4) is 0 Å². The molecule has 1 heterocycles. The highest BCUT2D eigenvalue weighted by Crippen LogP contribution is 2.13. The molecule has 1 amide bonds. The number of hydrogen-bond acceptors (Lipinski definition) is 5. The maximum atomic E-state index is 11.8. The van der Waals surface area contributed by atoms with Crippen LogP contribution >= 0.6 is 0 Å². The third-order valence-electron chi connectivity index (χ3n) is 2.74. The van der Waals surface area contributed by atoms with E-state index in [-0.39, 0.29) is 5.91 Å². The summed E-state index contributed by atoms with van der Waals surface area (Å²) in [6, 6.07) is 1.88. The Morgan fingerprint density at radius 1 is 1.32 bits per heavy atom. The molecule has 0 saturated carbocycles. The Morgan fingerprint density at radius 3 is 2.63 bits per heavy atom. The molecule has 0 fully saturated rings. The van der Waals surface area contributed by atoms with Gasteiger partial charge < -0.3 is 15.1 Å². The van der Waals surface area contributed by atoms with Crippen molar-refractivity contribution in [2.75, 3.05) is 43.9 Å². The van der Waals surface area contributed by atoms with E-state index in [2.05, 4.69) is 22.2 Å². The smallest absolute Gasteiger partial charge is 0.241 e. The van der Waals surface area contributed by atoms with Crippen LogP contribution in [-0.4, -0.2) is 54.5 Å². The van der Waals surface area contributed by atoms with Gasteiger partial charge in [-0.3, -0.25) is 4.79 Å². The summed E-state index contributed by atoms with van der Waals surface area (Å²) in [5.41, 5.74) is 0. The fraction of sp³-hybridized carbons (Fsp3) is 0.615. The number of aromatic nitrogens is 2. The molecule has 0 bridgehead atoms. The zero-order chi connectivity index (χ0) is 14.3. The third kappa shape index (κ3) is 4.73. The van der Waals surface area contributed by atoms with Crippen molar-refractivity contribution in [2.45, 2.75) is 20.3 Å². The number of amides is 1. The molecule has 1 N–H and O–H groups in total. The highest BCUT2D eigenvalue weighted by molar-refractivity contribution is 5.80. The van der Waals surface area contributed by atoms with Gasteiger partial charge in [0.05, 0.1) is 6.54 Å². The lowest BCUT2D eigenvalue weighted by Crippen LogP contribution is -2.37. The van der Waals surface area contributed by atoms with Crippen LogP contribution in [-0.2, 0) is 4.79 Å². The molecule has 1 rings (SSSR count). The Morgan fingerprint density at radius 2 is 2.05 bits per heavy atom. The molecule has 0 saturated heterocycles. The van der Waals surface area contributed by atoms with E-state index in [0.29, 0.717) is 6.54 Å². The molecule has 106 valence electrons. The van der Waals surface area contributed by atoms with E-state index in [4.69, 9.17) is 0 Å². The Bertz CT molecular complexity index is 408. The standard InChI is InChI=1S/C13H23N5O/c1-5-7-14-11-8-12(16-10-15-11)18(6-2)9-13(19)17(3)4/h8,10H,5-7,9H2,1-4H3,(H,14,15,16). The minimum atomic E-state index is 0.0588. The largest absolute Gasteiger partial charge is 0.370 e. The minimum absolute atomic E-state index is 0.0588. The number of likely N-dealkylation sites (N-methyl/N-ethyl adjacent to an activating group) is 2. The van der Waals surface area contributed by atoms with Crippen LogP contribution in [0.2, 0.25) is 0 Å². The topological polar surface area (TPSA) is 61.4 Å². The lowest BCUT2D eigenvalue weighted by Gasteiger charge is -2.23. The van der Waals surface area contributed by atoms with Crippen molar-refractivity contribution in [3.05, 3.63) is 12.4 Å². The number of nitrogens with one attached hydrogen (secondary N) is 1. The van der Waals surface area contributed by atoms with Crippen LogP contribution in [0, 0.1) is 0 Å². The first-order valence-electron chi connectivity index (χ1n) is 6.59. The predicted octanol–water partition coefficient (Wildman–Crippen LogP) is 1.21. The average Bonchev–Trinajstić information content (AvgIpc) is 2.42. The normalized spacial score (nSPS) is 10.1. The van der Waals surface area contributed by atoms with Gasteiger partial charge in [-0.2, -0.15) is 0 Å². The van der Waals surface area contributed by atoms with Gasteiger partial charge in [0.25, 0.3) is 0 Å². The Hall–Kier alpha value is -1.85. The molecule has 0 atom stereocenters. The maximum absolute atomic E-state index is 11.8. The summed E-state index contributed by atoms with van der Waals surface area (Å²) in [5.74, 6) is 1.62. The summed E-state index contributed by atoms with van der Waals surface area (Å²) in [5, 5.41) is 3.22. The predicted molar refractivity (Wildman–Crippen MR) is 77.4 cm³/mol. The second-order valence-electron chi connectivity index (χ2n) is 4.49. The van der Waals surface area contributed by atoms with Crippen LogP contribution in [0.3, 0.4) is 0 Å². The van der Waals surface area contributed by atoms with E-state index in [1.807, 2.05) is 17.9 Å². The van der Waals surface area contributed by atoms with Gasteiger partial charge in [-0.1, -0.05) is 6.92 Å². The number of carbonyl (C=O) groups excluding carboxylic acids is 1. The van der Waals surface area contributed by atoms with Crippen molar-refractivity contribution in [3.63, 3.8) is 0 Å². The molecule has 6 heteroatoms. The average molecular weight is 265 g/mol. The molecular formula is C13H23N5O.